The average molecular weight is 235 g/mol. The van der Waals surface area contributed by atoms with Crippen molar-refractivity contribution in [2.45, 2.75) is 0 Å². The molecule has 1 aromatic rings. The van der Waals surface area contributed by atoms with Gasteiger partial charge in [-0.25, -0.2) is 9.59 Å². The van der Waals surface area contributed by atoms with Gasteiger partial charge in [0.15, 0.2) is 0 Å². The van der Waals surface area contributed by atoms with Gasteiger partial charge in [-0.05, 0) is 18.2 Å². The third kappa shape index (κ3) is 1.89. The van der Waals surface area contributed by atoms with E-state index in [4.69, 9.17) is 10.8 Å². The summed E-state index contributed by atoms with van der Waals surface area (Å²) >= 11 is 0. The zero-order valence-electron chi connectivity index (χ0n) is 9.38. The lowest BCUT2D eigenvalue weighted by molar-refractivity contribution is 0.0697. The minimum absolute atomic E-state index is 0.117. The molecule has 0 unspecified atom stereocenters. The number of anilines is 2. The maximum Gasteiger partial charge on any atom is 0.335 e. The molecule has 0 bridgehead atoms. The van der Waals surface area contributed by atoms with Gasteiger partial charge in [0.05, 0.1) is 16.9 Å². The number of rotatable bonds is 2. The van der Waals surface area contributed by atoms with Gasteiger partial charge in [0.25, 0.3) is 0 Å². The van der Waals surface area contributed by atoms with E-state index in [1.807, 2.05) is 0 Å². The maximum atomic E-state index is 11.8. The van der Waals surface area contributed by atoms with Crippen LogP contribution in [-0.4, -0.2) is 42.1 Å². The van der Waals surface area contributed by atoms with Gasteiger partial charge < -0.3 is 15.7 Å². The van der Waals surface area contributed by atoms with Crippen LogP contribution in [0.3, 0.4) is 0 Å². The normalized spacial score (nSPS) is 15.5. The van der Waals surface area contributed by atoms with Crippen LogP contribution in [0.25, 0.3) is 0 Å². The van der Waals surface area contributed by atoms with E-state index in [0.717, 1.165) is 0 Å². The van der Waals surface area contributed by atoms with Crippen molar-refractivity contribution in [2.24, 2.45) is 0 Å². The van der Waals surface area contributed by atoms with Crippen LogP contribution in [-0.2, 0) is 0 Å². The molecule has 1 heterocycles. The molecule has 0 spiro atoms. The number of urea groups is 1. The number of benzene rings is 1. The number of carbonyl (C=O) groups excluding carboxylic acids is 1. The number of carbonyl (C=O) groups is 2. The van der Waals surface area contributed by atoms with Crippen LogP contribution >= 0.6 is 0 Å². The molecule has 17 heavy (non-hydrogen) atoms. The molecule has 2 rings (SSSR count). The Balaban J connectivity index is 2.34. The number of hydrogen-bond donors (Lipinski definition) is 2. The van der Waals surface area contributed by atoms with Crippen molar-refractivity contribution in [3.8, 4) is 0 Å². The van der Waals surface area contributed by atoms with Crippen LogP contribution < -0.4 is 10.6 Å². The second kappa shape index (κ2) is 3.97. The van der Waals surface area contributed by atoms with Gasteiger partial charge >= 0.3 is 12.0 Å². The Kier molecular flexibility index (Phi) is 2.63. The van der Waals surface area contributed by atoms with Crippen molar-refractivity contribution in [2.75, 3.05) is 30.8 Å². The molecule has 2 amide bonds. The van der Waals surface area contributed by atoms with E-state index in [9.17, 15) is 9.59 Å². The maximum absolute atomic E-state index is 11.8. The Hall–Kier alpha value is -2.24. The average Bonchev–Trinajstić information content (AvgIpc) is 2.60. The molecule has 90 valence electrons. The molecule has 6 heteroatoms. The van der Waals surface area contributed by atoms with E-state index in [2.05, 4.69) is 0 Å². The van der Waals surface area contributed by atoms with Crippen LogP contribution in [0.2, 0.25) is 0 Å². The largest absolute Gasteiger partial charge is 0.478 e. The Labute approximate surface area is 98.2 Å². The Morgan fingerprint density at radius 1 is 1.41 bits per heavy atom. The van der Waals surface area contributed by atoms with Crippen molar-refractivity contribution in [3.05, 3.63) is 23.8 Å². The van der Waals surface area contributed by atoms with Crippen LogP contribution in [0.15, 0.2) is 18.2 Å². The topological polar surface area (TPSA) is 86.9 Å². The summed E-state index contributed by atoms with van der Waals surface area (Å²) in [5.41, 5.74) is 6.75. The second-order valence-corrected chi connectivity index (χ2v) is 3.93. The summed E-state index contributed by atoms with van der Waals surface area (Å²) < 4.78 is 0. The molecule has 0 radical (unpaired) electrons. The van der Waals surface area contributed by atoms with Crippen LogP contribution in [0.4, 0.5) is 16.2 Å². The predicted octanol–water partition coefficient (Wildman–Crippen LogP) is 0.839. The zero-order chi connectivity index (χ0) is 12.6. The molecule has 0 aliphatic carbocycles. The van der Waals surface area contributed by atoms with Gasteiger partial charge in [0, 0.05) is 20.1 Å². The Morgan fingerprint density at radius 3 is 2.59 bits per heavy atom. The highest BCUT2D eigenvalue weighted by Crippen LogP contribution is 2.27. The smallest absolute Gasteiger partial charge is 0.335 e. The molecular formula is C11H13N3O3. The summed E-state index contributed by atoms with van der Waals surface area (Å²) in [6, 6.07) is 4.25. The molecule has 1 aliphatic rings. The number of nitrogens with two attached hydrogens (primary N) is 1. The molecule has 0 aromatic heterocycles. The SMILES string of the molecule is CN1CCN(c2ccc(C(=O)O)cc2N)C1=O. The fraction of sp³-hybridized carbons (Fsp3) is 0.273. The fourth-order valence-electron chi connectivity index (χ4n) is 1.80. The summed E-state index contributed by atoms with van der Waals surface area (Å²) in [6.45, 7) is 1.20. The lowest BCUT2D eigenvalue weighted by Gasteiger charge is -2.18. The first-order valence-corrected chi connectivity index (χ1v) is 5.16. The van der Waals surface area contributed by atoms with Crippen LogP contribution in [0, 0.1) is 0 Å². The van der Waals surface area contributed by atoms with Crippen molar-refractivity contribution >= 4 is 23.4 Å². The minimum Gasteiger partial charge on any atom is -0.478 e. The van der Waals surface area contributed by atoms with Gasteiger partial charge in [-0.15, -0.1) is 0 Å². The van der Waals surface area contributed by atoms with Crippen LogP contribution in [0.5, 0.6) is 0 Å². The lowest BCUT2D eigenvalue weighted by Crippen LogP contribution is -2.29. The Morgan fingerprint density at radius 2 is 2.12 bits per heavy atom. The van der Waals surface area contributed by atoms with Crippen molar-refractivity contribution < 1.29 is 14.7 Å². The number of carboxylic acid groups (broad SMARTS) is 1. The van der Waals surface area contributed by atoms with Crippen molar-refractivity contribution in [1.82, 2.24) is 4.90 Å². The van der Waals surface area contributed by atoms with Crippen molar-refractivity contribution in [1.29, 1.82) is 0 Å². The van der Waals surface area contributed by atoms with Crippen molar-refractivity contribution in [3.63, 3.8) is 0 Å². The number of hydrogen-bond acceptors (Lipinski definition) is 3. The summed E-state index contributed by atoms with van der Waals surface area (Å²) in [4.78, 5) is 25.6. The zero-order valence-corrected chi connectivity index (χ0v) is 9.38. The van der Waals surface area contributed by atoms with Gasteiger partial charge in [-0.3, -0.25) is 4.90 Å². The number of amides is 2. The third-order valence-electron chi connectivity index (χ3n) is 2.78. The summed E-state index contributed by atoms with van der Waals surface area (Å²) in [7, 11) is 1.71. The number of carboxylic acids is 1. The van der Waals surface area contributed by atoms with Crippen LogP contribution in [0.1, 0.15) is 10.4 Å². The number of nitrogen functional groups attached to an aromatic ring is 1. The summed E-state index contributed by atoms with van der Waals surface area (Å²) in [6.07, 6.45) is 0. The highest BCUT2D eigenvalue weighted by Gasteiger charge is 2.27. The summed E-state index contributed by atoms with van der Waals surface area (Å²) in [5, 5.41) is 8.82. The molecule has 6 nitrogen and oxygen atoms in total. The molecule has 1 aromatic carbocycles. The van der Waals surface area contributed by atoms with E-state index in [1.54, 1.807) is 22.9 Å². The molecule has 0 atom stereocenters. The van der Waals surface area contributed by atoms with Gasteiger partial charge in [0.2, 0.25) is 0 Å². The number of aromatic carboxylic acids is 1. The minimum atomic E-state index is -1.03. The fourth-order valence-corrected chi connectivity index (χ4v) is 1.80. The number of nitrogens with zero attached hydrogens (tertiary/aromatic N) is 2. The molecule has 3 N–H and O–H groups in total. The summed E-state index contributed by atoms with van der Waals surface area (Å²) in [5.74, 6) is -1.03. The van der Waals surface area contributed by atoms with Gasteiger partial charge in [-0.2, -0.15) is 0 Å². The molecule has 1 saturated heterocycles. The predicted molar refractivity (Wildman–Crippen MR) is 63.2 cm³/mol. The second-order valence-electron chi connectivity index (χ2n) is 3.93. The van der Waals surface area contributed by atoms with E-state index in [0.29, 0.717) is 24.5 Å². The Bertz CT molecular complexity index is 487. The van der Waals surface area contributed by atoms with E-state index in [1.165, 1.54) is 12.1 Å². The molecule has 1 aliphatic heterocycles. The first-order valence-electron chi connectivity index (χ1n) is 5.16. The third-order valence-corrected chi connectivity index (χ3v) is 2.78. The van der Waals surface area contributed by atoms with E-state index in [-0.39, 0.29) is 11.6 Å². The number of likely N-dealkylation sites (N-methyl/N-ethyl adjacent to an activating group) is 1. The van der Waals surface area contributed by atoms with Gasteiger partial charge in [0.1, 0.15) is 0 Å². The lowest BCUT2D eigenvalue weighted by atomic mass is 10.1. The molecule has 0 saturated carbocycles. The monoisotopic (exact) mass is 235 g/mol. The first kappa shape index (κ1) is 11.3. The van der Waals surface area contributed by atoms with Gasteiger partial charge in [-0.1, -0.05) is 0 Å². The molecule has 1 fully saturated rings. The molecular weight excluding hydrogens is 222 g/mol. The quantitative estimate of drug-likeness (QED) is 0.743. The van der Waals surface area contributed by atoms with E-state index < -0.39 is 5.97 Å². The first-order chi connectivity index (χ1) is 8.00. The standard InChI is InChI=1S/C11H13N3O3/c1-13-4-5-14(11(13)17)9-3-2-7(10(15)16)6-8(9)12/h2-3,6H,4-5,12H2,1H3,(H,15,16). The van der Waals surface area contributed by atoms with E-state index >= 15 is 0 Å². The highest BCUT2D eigenvalue weighted by atomic mass is 16.4. The highest BCUT2D eigenvalue weighted by molar-refractivity contribution is 5.98.